The summed E-state index contributed by atoms with van der Waals surface area (Å²) in [5, 5.41) is 15.2. The van der Waals surface area contributed by atoms with Crippen LogP contribution < -0.4 is 5.32 Å². The molecule has 1 aliphatic rings. The summed E-state index contributed by atoms with van der Waals surface area (Å²) >= 11 is 0. The molecular formula is C18H18F3N3O4. The van der Waals surface area contributed by atoms with Crippen LogP contribution in [-0.2, 0) is 16.1 Å². The van der Waals surface area contributed by atoms with Crippen LogP contribution in [0.15, 0.2) is 36.5 Å². The second-order valence-corrected chi connectivity index (χ2v) is 6.50. The lowest BCUT2D eigenvalue weighted by Gasteiger charge is -2.37. The molecule has 2 aromatic rings. The fourth-order valence-electron chi connectivity index (χ4n) is 3.10. The molecule has 2 heterocycles. The molecule has 1 fully saturated rings. The summed E-state index contributed by atoms with van der Waals surface area (Å²) in [6.45, 7) is -0.334. The third-order valence-corrected chi connectivity index (χ3v) is 4.76. The lowest BCUT2D eigenvalue weighted by molar-refractivity contribution is -0.239. The number of benzene rings is 1. The topological polar surface area (TPSA) is 93.5 Å². The SMILES string of the molecule is O=C(O)c1ccn(-c2cccc(CNC(=O)C3(C(F)(F)F)CCOCC3)c2)n1. The number of carboxylic acid groups (broad SMARTS) is 1. The van der Waals surface area contributed by atoms with Gasteiger partial charge in [-0.2, -0.15) is 18.3 Å². The molecule has 7 nitrogen and oxygen atoms in total. The molecule has 1 saturated heterocycles. The molecule has 10 heteroatoms. The standard InChI is InChI=1S/C18H18F3N3O4/c19-18(20,21)17(5-8-28-9-6-17)16(27)22-11-12-2-1-3-13(10-12)24-7-4-14(23-24)15(25)26/h1-4,7,10H,5-6,8-9,11H2,(H,22,27)(H,25,26). The fraction of sp³-hybridized carbons (Fsp3) is 0.389. The van der Waals surface area contributed by atoms with Gasteiger partial charge in [-0.25, -0.2) is 9.48 Å². The number of carbonyl (C=O) groups is 2. The van der Waals surface area contributed by atoms with Crippen LogP contribution in [-0.4, -0.2) is 46.2 Å². The van der Waals surface area contributed by atoms with E-state index in [-0.39, 0.29) is 25.5 Å². The van der Waals surface area contributed by atoms with Gasteiger partial charge in [-0.15, -0.1) is 0 Å². The number of halogens is 3. The van der Waals surface area contributed by atoms with Gasteiger partial charge < -0.3 is 15.2 Å². The zero-order valence-corrected chi connectivity index (χ0v) is 14.7. The highest BCUT2D eigenvalue weighted by Gasteiger charge is 2.60. The van der Waals surface area contributed by atoms with Crippen LogP contribution >= 0.6 is 0 Å². The predicted octanol–water partition coefficient (Wildman–Crippen LogP) is 2.55. The van der Waals surface area contributed by atoms with Crippen molar-refractivity contribution in [3.8, 4) is 5.69 Å². The van der Waals surface area contributed by atoms with E-state index in [4.69, 9.17) is 9.84 Å². The molecule has 0 aliphatic carbocycles. The van der Waals surface area contributed by atoms with E-state index in [0.29, 0.717) is 11.3 Å². The van der Waals surface area contributed by atoms with Gasteiger partial charge in [-0.05, 0) is 36.6 Å². The molecule has 1 amide bonds. The van der Waals surface area contributed by atoms with E-state index >= 15 is 0 Å². The van der Waals surface area contributed by atoms with Crippen molar-refractivity contribution in [1.82, 2.24) is 15.1 Å². The van der Waals surface area contributed by atoms with Crippen molar-refractivity contribution < 1.29 is 32.6 Å². The Labute approximate surface area is 158 Å². The van der Waals surface area contributed by atoms with E-state index in [1.54, 1.807) is 24.3 Å². The average molecular weight is 397 g/mol. The molecule has 3 rings (SSSR count). The lowest BCUT2D eigenvalue weighted by atomic mass is 9.78. The third-order valence-electron chi connectivity index (χ3n) is 4.76. The number of nitrogens with zero attached hydrogens (tertiary/aromatic N) is 2. The van der Waals surface area contributed by atoms with Crippen molar-refractivity contribution >= 4 is 11.9 Å². The van der Waals surface area contributed by atoms with Crippen LogP contribution in [0, 0.1) is 5.41 Å². The second-order valence-electron chi connectivity index (χ2n) is 6.50. The van der Waals surface area contributed by atoms with Crippen molar-refractivity contribution in [2.75, 3.05) is 13.2 Å². The van der Waals surface area contributed by atoms with Crippen molar-refractivity contribution in [2.45, 2.75) is 25.6 Å². The van der Waals surface area contributed by atoms with Crippen LogP contribution in [0.25, 0.3) is 5.69 Å². The largest absolute Gasteiger partial charge is 0.476 e. The minimum absolute atomic E-state index is 0.0988. The third kappa shape index (κ3) is 3.86. The fourth-order valence-corrected chi connectivity index (χ4v) is 3.10. The summed E-state index contributed by atoms with van der Waals surface area (Å²) in [7, 11) is 0. The van der Waals surface area contributed by atoms with Crippen LogP contribution in [0.5, 0.6) is 0 Å². The summed E-state index contributed by atoms with van der Waals surface area (Å²) < 4.78 is 47.0. The number of aromatic carboxylic acids is 1. The molecule has 0 saturated carbocycles. The van der Waals surface area contributed by atoms with Gasteiger partial charge in [-0.1, -0.05) is 12.1 Å². The molecule has 1 aromatic heterocycles. The van der Waals surface area contributed by atoms with Gasteiger partial charge in [0.1, 0.15) is 5.41 Å². The molecule has 1 aromatic carbocycles. The molecule has 28 heavy (non-hydrogen) atoms. The molecular weight excluding hydrogens is 379 g/mol. The molecule has 0 radical (unpaired) electrons. The van der Waals surface area contributed by atoms with Crippen molar-refractivity contribution in [2.24, 2.45) is 5.41 Å². The van der Waals surface area contributed by atoms with Gasteiger partial charge in [0.2, 0.25) is 5.91 Å². The maximum atomic E-state index is 13.5. The van der Waals surface area contributed by atoms with Gasteiger partial charge in [-0.3, -0.25) is 4.79 Å². The first-order valence-corrected chi connectivity index (χ1v) is 8.54. The van der Waals surface area contributed by atoms with E-state index in [2.05, 4.69) is 10.4 Å². The summed E-state index contributed by atoms with van der Waals surface area (Å²) in [6, 6.07) is 7.90. The van der Waals surface area contributed by atoms with Crippen molar-refractivity contribution in [3.05, 3.63) is 47.8 Å². The van der Waals surface area contributed by atoms with Gasteiger partial charge in [0.15, 0.2) is 5.69 Å². The molecule has 0 atom stereocenters. The van der Waals surface area contributed by atoms with E-state index < -0.39 is 36.3 Å². The Bertz CT molecular complexity index is 873. The number of carboxylic acids is 1. The maximum Gasteiger partial charge on any atom is 0.403 e. The number of amides is 1. The Balaban J connectivity index is 1.73. The lowest BCUT2D eigenvalue weighted by Crippen LogP contribution is -2.53. The van der Waals surface area contributed by atoms with E-state index in [1.165, 1.54) is 16.9 Å². The Morgan fingerprint density at radius 2 is 1.96 bits per heavy atom. The number of ether oxygens (including phenoxy) is 1. The quantitative estimate of drug-likeness (QED) is 0.809. The zero-order valence-electron chi connectivity index (χ0n) is 14.7. The Morgan fingerprint density at radius 1 is 1.25 bits per heavy atom. The van der Waals surface area contributed by atoms with Crippen LogP contribution in [0.1, 0.15) is 28.9 Å². The van der Waals surface area contributed by atoms with Gasteiger partial charge in [0, 0.05) is 26.0 Å². The minimum Gasteiger partial charge on any atom is -0.476 e. The number of hydrogen-bond acceptors (Lipinski definition) is 4. The smallest absolute Gasteiger partial charge is 0.403 e. The number of hydrogen-bond donors (Lipinski definition) is 2. The second kappa shape index (κ2) is 7.63. The first-order valence-electron chi connectivity index (χ1n) is 8.54. The van der Waals surface area contributed by atoms with Crippen molar-refractivity contribution in [3.63, 3.8) is 0 Å². The number of alkyl halides is 3. The normalized spacial score (nSPS) is 16.5. The summed E-state index contributed by atoms with van der Waals surface area (Å²) in [5.41, 5.74) is -1.50. The number of carbonyl (C=O) groups excluding carboxylic acids is 1. The van der Waals surface area contributed by atoms with E-state index in [1.807, 2.05) is 0 Å². The van der Waals surface area contributed by atoms with Crippen LogP contribution in [0.4, 0.5) is 13.2 Å². The van der Waals surface area contributed by atoms with Crippen molar-refractivity contribution in [1.29, 1.82) is 0 Å². The van der Waals surface area contributed by atoms with Crippen LogP contribution in [0.2, 0.25) is 0 Å². The summed E-state index contributed by atoms with van der Waals surface area (Å²) in [4.78, 5) is 23.3. The highest BCUT2D eigenvalue weighted by atomic mass is 19.4. The molecule has 2 N–H and O–H groups in total. The zero-order chi connectivity index (χ0) is 20.4. The number of aromatic nitrogens is 2. The Morgan fingerprint density at radius 3 is 2.57 bits per heavy atom. The molecule has 1 aliphatic heterocycles. The van der Waals surface area contributed by atoms with E-state index in [9.17, 15) is 22.8 Å². The first-order chi connectivity index (χ1) is 13.2. The number of nitrogens with one attached hydrogen (secondary N) is 1. The van der Waals surface area contributed by atoms with Gasteiger partial charge in [0.05, 0.1) is 5.69 Å². The molecule has 0 spiro atoms. The molecule has 0 bridgehead atoms. The molecule has 150 valence electrons. The maximum absolute atomic E-state index is 13.5. The number of rotatable bonds is 5. The summed E-state index contributed by atoms with van der Waals surface area (Å²) in [5.74, 6) is -2.24. The minimum atomic E-state index is -4.66. The summed E-state index contributed by atoms with van der Waals surface area (Å²) in [6.07, 6.45) is -4.02. The monoisotopic (exact) mass is 397 g/mol. The Hall–Kier alpha value is -2.88. The highest BCUT2D eigenvalue weighted by molar-refractivity contribution is 5.85. The van der Waals surface area contributed by atoms with E-state index in [0.717, 1.165) is 0 Å². The van der Waals surface area contributed by atoms with Gasteiger partial charge in [0.25, 0.3) is 0 Å². The molecule has 0 unspecified atom stereocenters. The first kappa shape index (κ1) is 19.9. The van der Waals surface area contributed by atoms with Crippen LogP contribution in [0.3, 0.4) is 0 Å². The Kier molecular flexibility index (Phi) is 5.41. The highest BCUT2D eigenvalue weighted by Crippen LogP contribution is 2.46. The van der Waals surface area contributed by atoms with Gasteiger partial charge >= 0.3 is 12.1 Å². The predicted molar refractivity (Wildman–Crippen MR) is 90.9 cm³/mol. The average Bonchev–Trinajstić information content (AvgIpc) is 3.16.